The highest BCUT2D eigenvalue weighted by atomic mass is 35.5. The minimum absolute atomic E-state index is 0.196. The SMILES string of the molecule is CCn1c(-c2ccccc2)cc(C(=O)C2OC(=O)N(c3cc(C)ccc3Cl)C2=O)c1-c1ccccc1. The second kappa shape index (κ2) is 9.47. The van der Waals surface area contributed by atoms with Gasteiger partial charge in [0.15, 0.2) is 0 Å². The molecule has 4 aromatic rings. The Morgan fingerprint density at radius 2 is 1.56 bits per heavy atom. The Labute approximate surface area is 213 Å². The molecule has 1 aliphatic heterocycles. The molecular formula is C29H23ClN2O4. The van der Waals surface area contributed by atoms with Crippen molar-refractivity contribution >= 4 is 35.1 Å². The van der Waals surface area contributed by atoms with Crippen molar-refractivity contribution in [1.29, 1.82) is 0 Å². The fourth-order valence-corrected chi connectivity index (χ4v) is 4.75. The van der Waals surface area contributed by atoms with E-state index in [9.17, 15) is 14.4 Å². The van der Waals surface area contributed by atoms with Gasteiger partial charge < -0.3 is 9.30 Å². The predicted octanol–water partition coefficient (Wildman–Crippen LogP) is 6.54. The number of carbonyl (C=O) groups excluding carboxylic acids is 3. The van der Waals surface area contributed by atoms with Crippen LogP contribution in [0, 0.1) is 6.92 Å². The number of aryl methyl sites for hydroxylation is 1. The van der Waals surface area contributed by atoms with Gasteiger partial charge in [0.25, 0.3) is 5.91 Å². The van der Waals surface area contributed by atoms with E-state index in [4.69, 9.17) is 16.3 Å². The molecule has 1 saturated heterocycles. The monoisotopic (exact) mass is 498 g/mol. The zero-order valence-corrected chi connectivity index (χ0v) is 20.5. The molecule has 3 aromatic carbocycles. The van der Waals surface area contributed by atoms with Crippen LogP contribution in [-0.4, -0.2) is 28.5 Å². The molecule has 1 aromatic heterocycles. The number of hydrogen-bond acceptors (Lipinski definition) is 4. The van der Waals surface area contributed by atoms with Crippen molar-refractivity contribution in [3.8, 4) is 22.5 Å². The van der Waals surface area contributed by atoms with Crippen molar-refractivity contribution in [2.24, 2.45) is 0 Å². The summed E-state index contributed by atoms with van der Waals surface area (Å²) < 4.78 is 7.39. The maximum atomic E-state index is 13.9. The molecule has 1 unspecified atom stereocenters. The number of anilines is 1. The van der Waals surface area contributed by atoms with Gasteiger partial charge in [-0.3, -0.25) is 9.59 Å². The van der Waals surface area contributed by atoms with Crippen LogP contribution in [0.25, 0.3) is 22.5 Å². The van der Waals surface area contributed by atoms with Gasteiger partial charge in [-0.25, -0.2) is 9.69 Å². The Morgan fingerprint density at radius 3 is 2.19 bits per heavy atom. The topological polar surface area (TPSA) is 68.6 Å². The summed E-state index contributed by atoms with van der Waals surface area (Å²) in [5.41, 5.74) is 4.56. The van der Waals surface area contributed by atoms with Gasteiger partial charge in [-0.05, 0) is 48.7 Å². The van der Waals surface area contributed by atoms with E-state index in [0.29, 0.717) is 17.8 Å². The number of nitrogens with zero attached hydrogens (tertiary/aromatic N) is 2. The number of rotatable bonds is 6. The second-order valence-electron chi connectivity index (χ2n) is 8.52. The molecule has 0 aliphatic carbocycles. The van der Waals surface area contributed by atoms with Gasteiger partial charge in [0.05, 0.1) is 16.4 Å². The zero-order chi connectivity index (χ0) is 25.4. The van der Waals surface area contributed by atoms with Crippen LogP contribution in [0.5, 0.6) is 0 Å². The van der Waals surface area contributed by atoms with Crippen molar-refractivity contribution in [2.45, 2.75) is 26.5 Å². The number of hydrogen-bond donors (Lipinski definition) is 0. The van der Waals surface area contributed by atoms with Gasteiger partial charge in [-0.1, -0.05) is 78.3 Å². The van der Waals surface area contributed by atoms with Gasteiger partial charge >= 0.3 is 6.09 Å². The van der Waals surface area contributed by atoms with E-state index < -0.39 is 23.9 Å². The fraction of sp³-hybridized carbons (Fsp3) is 0.138. The first-order valence-electron chi connectivity index (χ1n) is 11.6. The number of imide groups is 1. The van der Waals surface area contributed by atoms with Crippen LogP contribution < -0.4 is 4.90 Å². The third-order valence-electron chi connectivity index (χ3n) is 6.22. The van der Waals surface area contributed by atoms with E-state index >= 15 is 0 Å². The molecule has 2 heterocycles. The number of Topliss-reactive ketones (excluding diaryl/α,β-unsaturated/α-hetero) is 1. The van der Waals surface area contributed by atoms with E-state index in [1.807, 2.05) is 79.1 Å². The van der Waals surface area contributed by atoms with E-state index in [1.54, 1.807) is 24.3 Å². The molecule has 5 rings (SSSR count). The first-order valence-corrected chi connectivity index (χ1v) is 12.0. The van der Waals surface area contributed by atoms with Gasteiger partial charge in [-0.15, -0.1) is 0 Å². The Kier molecular flexibility index (Phi) is 6.20. The molecule has 1 fully saturated rings. The smallest absolute Gasteiger partial charge is 0.422 e. The third-order valence-corrected chi connectivity index (χ3v) is 6.54. The Bertz CT molecular complexity index is 1480. The standard InChI is InChI=1S/C29H23ClN2O4/c1-3-31-23(19-10-6-4-7-11-19)17-21(25(31)20-12-8-5-9-13-20)26(33)27-28(34)32(29(35)36-27)24-16-18(2)14-15-22(24)30/h4-17,27H,3H2,1-2H3. The van der Waals surface area contributed by atoms with E-state index in [1.165, 1.54) is 0 Å². The summed E-state index contributed by atoms with van der Waals surface area (Å²) in [6.07, 6.45) is -2.53. The molecule has 1 atom stereocenters. The summed E-state index contributed by atoms with van der Waals surface area (Å²) in [6, 6.07) is 26.0. The molecular weight excluding hydrogens is 476 g/mol. The van der Waals surface area contributed by atoms with Crippen molar-refractivity contribution in [1.82, 2.24) is 4.57 Å². The summed E-state index contributed by atoms with van der Waals surface area (Å²) >= 11 is 6.28. The molecule has 1 aliphatic rings. The number of ether oxygens (including phenoxy) is 1. The number of halogens is 1. The lowest BCUT2D eigenvalue weighted by atomic mass is 10.0. The van der Waals surface area contributed by atoms with Gasteiger partial charge in [0, 0.05) is 17.8 Å². The summed E-state index contributed by atoms with van der Waals surface area (Å²) in [5, 5.41) is 0.215. The van der Waals surface area contributed by atoms with Crippen molar-refractivity contribution in [2.75, 3.05) is 4.90 Å². The maximum absolute atomic E-state index is 13.9. The molecule has 7 heteroatoms. The lowest BCUT2D eigenvalue weighted by Gasteiger charge is -2.14. The van der Waals surface area contributed by atoms with Crippen LogP contribution in [0.4, 0.5) is 10.5 Å². The van der Waals surface area contributed by atoms with E-state index in [-0.39, 0.29) is 10.7 Å². The van der Waals surface area contributed by atoms with Crippen LogP contribution in [0.3, 0.4) is 0 Å². The number of ketones is 1. The molecule has 180 valence electrons. The predicted molar refractivity (Wildman–Crippen MR) is 139 cm³/mol. The van der Waals surface area contributed by atoms with Gasteiger partial charge in [0.1, 0.15) is 0 Å². The minimum Gasteiger partial charge on any atom is -0.427 e. The third kappa shape index (κ3) is 3.99. The summed E-state index contributed by atoms with van der Waals surface area (Å²) in [7, 11) is 0. The average Bonchev–Trinajstić information content (AvgIpc) is 3.43. The number of cyclic esters (lactones) is 1. The maximum Gasteiger partial charge on any atom is 0.422 e. The largest absolute Gasteiger partial charge is 0.427 e. The molecule has 2 amide bonds. The van der Waals surface area contributed by atoms with Gasteiger partial charge in [-0.2, -0.15) is 0 Å². The lowest BCUT2D eigenvalue weighted by molar-refractivity contribution is -0.120. The highest BCUT2D eigenvalue weighted by molar-refractivity contribution is 6.37. The molecule has 0 N–H and O–H groups in total. The summed E-state index contributed by atoms with van der Waals surface area (Å²) in [4.78, 5) is 40.8. The first kappa shape index (κ1) is 23.6. The van der Waals surface area contributed by atoms with Gasteiger partial charge in [0.2, 0.25) is 11.9 Å². The Balaban J connectivity index is 1.62. The Hall–Kier alpha value is -4.16. The van der Waals surface area contributed by atoms with Crippen LogP contribution in [0.15, 0.2) is 84.9 Å². The van der Waals surface area contributed by atoms with E-state index in [0.717, 1.165) is 27.3 Å². The minimum atomic E-state index is -1.60. The summed E-state index contributed by atoms with van der Waals surface area (Å²) in [5.74, 6) is -1.34. The second-order valence-corrected chi connectivity index (χ2v) is 8.93. The number of amides is 2. The molecule has 0 spiro atoms. The van der Waals surface area contributed by atoms with Crippen molar-refractivity contribution in [3.05, 3.63) is 101 Å². The molecule has 6 nitrogen and oxygen atoms in total. The van der Waals surface area contributed by atoms with Crippen molar-refractivity contribution in [3.63, 3.8) is 0 Å². The average molecular weight is 499 g/mol. The van der Waals surface area contributed by atoms with Crippen LogP contribution >= 0.6 is 11.6 Å². The fourth-order valence-electron chi connectivity index (χ4n) is 4.55. The molecule has 0 bridgehead atoms. The normalized spacial score (nSPS) is 15.3. The quantitative estimate of drug-likeness (QED) is 0.223. The van der Waals surface area contributed by atoms with E-state index in [2.05, 4.69) is 0 Å². The van der Waals surface area contributed by atoms with Crippen LogP contribution in [0.2, 0.25) is 5.02 Å². The summed E-state index contributed by atoms with van der Waals surface area (Å²) in [6.45, 7) is 4.40. The number of carbonyl (C=O) groups is 3. The zero-order valence-electron chi connectivity index (χ0n) is 19.8. The van der Waals surface area contributed by atoms with Crippen LogP contribution in [0.1, 0.15) is 22.8 Å². The lowest BCUT2D eigenvalue weighted by Crippen LogP contribution is -2.35. The molecule has 36 heavy (non-hydrogen) atoms. The Morgan fingerprint density at radius 1 is 0.917 bits per heavy atom. The number of aromatic nitrogens is 1. The van der Waals surface area contributed by atoms with Crippen molar-refractivity contribution < 1.29 is 19.1 Å². The van der Waals surface area contributed by atoms with Crippen LogP contribution in [-0.2, 0) is 16.1 Å². The highest BCUT2D eigenvalue weighted by Crippen LogP contribution is 2.36. The molecule has 0 saturated carbocycles. The first-order chi connectivity index (χ1) is 17.4. The highest BCUT2D eigenvalue weighted by Gasteiger charge is 2.47. The molecule has 0 radical (unpaired) electrons. The number of benzene rings is 3.